The van der Waals surface area contributed by atoms with E-state index in [4.69, 9.17) is 5.11 Å². The average Bonchev–Trinajstić information content (AvgIpc) is 2.04. The molecule has 1 rings (SSSR count). The number of carbonyl (C=O) groups is 1. The van der Waals surface area contributed by atoms with E-state index in [-0.39, 0.29) is 5.44 Å². The highest BCUT2D eigenvalue weighted by Crippen LogP contribution is 2.23. The van der Waals surface area contributed by atoms with Gasteiger partial charge in [0, 0.05) is 4.90 Å². The molecule has 0 radical (unpaired) electrons. The van der Waals surface area contributed by atoms with Crippen molar-refractivity contribution in [3.8, 4) is 0 Å². The molecule has 0 spiro atoms. The maximum Gasteiger partial charge on any atom is 0.506 e. The van der Waals surface area contributed by atoms with Crippen molar-refractivity contribution < 1.29 is 14.6 Å². The number of carboxylic acid groups (broad SMARTS) is 1. The first-order chi connectivity index (χ1) is 6.18. The second kappa shape index (κ2) is 4.77. The summed E-state index contributed by atoms with van der Waals surface area (Å²) in [7, 11) is 0. The van der Waals surface area contributed by atoms with Crippen molar-refractivity contribution >= 4 is 17.9 Å². The molecule has 1 atom stereocenters. The van der Waals surface area contributed by atoms with Crippen LogP contribution < -0.4 is 0 Å². The lowest BCUT2D eigenvalue weighted by atomic mass is 10.4. The average molecular weight is 198 g/mol. The van der Waals surface area contributed by atoms with Gasteiger partial charge in [0.15, 0.2) is 5.44 Å². The predicted octanol–water partition coefficient (Wildman–Crippen LogP) is 2.82. The Kier molecular flexibility index (Phi) is 3.64. The smallest absolute Gasteiger partial charge is 0.450 e. The molecule has 0 aliphatic heterocycles. The Hall–Kier alpha value is -1.16. The maximum atomic E-state index is 10.2. The van der Waals surface area contributed by atoms with Gasteiger partial charge < -0.3 is 9.84 Å². The molecule has 1 aromatic rings. The maximum absolute atomic E-state index is 10.2. The highest BCUT2D eigenvalue weighted by atomic mass is 32.2. The van der Waals surface area contributed by atoms with E-state index in [1.54, 1.807) is 6.92 Å². The zero-order valence-electron chi connectivity index (χ0n) is 7.14. The van der Waals surface area contributed by atoms with Crippen molar-refractivity contribution in [3.05, 3.63) is 30.3 Å². The summed E-state index contributed by atoms with van der Waals surface area (Å²) < 4.78 is 4.53. The highest BCUT2D eigenvalue weighted by molar-refractivity contribution is 7.99. The molecule has 0 aliphatic rings. The quantitative estimate of drug-likeness (QED) is 0.461. The molecule has 13 heavy (non-hydrogen) atoms. The third kappa shape index (κ3) is 3.85. The van der Waals surface area contributed by atoms with Crippen LogP contribution in [-0.4, -0.2) is 16.7 Å². The summed E-state index contributed by atoms with van der Waals surface area (Å²) in [5.74, 6) is 0. The number of hydrogen-bond donors (Lipinski definition) is 1. The van der Waals surface area contributed by atoms with Gasteiger partial charge in [-0.25, -0.2) is 4.79 Å². The molecule has 0 fully saturated rings. The van der Waals surface area contributed by atoms with Crippen LogP contribution in [0.15, 0.2) is 35.2 Å². The summed E-state index contributed by atoms with van der Waals surface area (Å²) >= 11 is 1.37. The molecule has 1 N–H and O–H groups in total. The van der Waals surface area contributed by atoms with E-state index in [1.165, 1.54) is 11.8 Å². The Bertz CT molecular complexity index is 273. The molecule has 0 aromatic heterocycles. The first-order valence-electron chi connectivity index (χ1n) is 3.80. The molecule has 1 unspecified atom stereocenters. The van der Waals surface area contributed by atoms with Gasteiger partial charge in [0.2, 0.25) is 0 Å². The van der Waals surface area contributed by atoms with Crippen LogP contribution in [-0.2, 0) is 4.74 Å². The topological polar surface area (TPSA) is 46.5 Å². The van der Waals surface area contributed by atoms with Crippen molar-refractivity contribution in [2.24, 2.45) is 0 Å². The molecule has 0 bridgehead atoms. The van der Waals surface area contributed by atoms with Crippen molar-refractivity contribution in [2.75, 3.05) is 0 Å². The van der Waals surface area contributed by atoms with Gasteiger partial charge in [0.05, 0.1) is 0 Å². The zero-order chi connectivity index (χ0) is 9.68. The molecule has 70 valence electrons. The highest BCUT2D eigenvalue weighted by Gasteiger charge is 2.07. The van der Waals surface area contributed by atoms with Crippen molar-refractivity contribution in [2.45, 2.75) is 17.3 Å². The summed E-state index contributed by atoms with van der Waals surface area (Å²) in [6.07, 6.45) is -1.24. The van der Waals surface area contributed by atoms with Gasteiger partial charge in [0.1, 0.15) is 0 Å². The summed E-state index contributed by atoms with van der Waals surface area (Å²) in [5, 5.41) is 8.33. The molecule has 0 heterocycles. The number of hydrogen-bond acceptors (Lipinski definition) is 3. The summed E-state index contributed by atoms with van der Waals surface area (Å²) in [4.78, 5) is 11.2. The predicted molar refractivity (Wildman–Crippen MR) is 50.9 cm³/mol. The molecule has 0 aliphatic carbocycles. The van der Waals surface area contributed by atoms with Gasteiger partial charge in [-0.1, -0.05) is 30.0 Å². The molecule has 3 nitrogen and oxygen atoms in total. The minimum absolute atomic E-state index is 0.375. The van der Waals surface area contributed by atoms with Crippen molar-refractivity contribution in [3.63, 3.8) is 0 Å². The second-order valence-electron chi connectivity index (χ2n) is 2.38. The molecular formula is C9H10O3S. The SMILES string of the molecule is CC(OC(=O)O)Sc1ccccc1. The van der Waals surface area contributed by atoms with Crippen LogP contribution in [0.25, 0.3) is 0 Å². The fourth-order valence-corrected chi connectivity index (χ4v) is 1.68. The molecule has 0 saturated heterocycles. The number of ether oxygens (including phenoxy) is 1. The van der Waals surface area contributed by atoms with Gasteiger partial charge in [-0.15, -0.1) is 0 Å². The van der Waals surface area contributed by atoms with E-state index in [0.717, 1.165) is 4.90 Å². The Morgan fingerprint density at radius 2 is 2.08 bits per heavy atom. The van der Waals surface area contributed by atoms with E-state index in [1.807, 2.05) is 30.3 Å². The second-order valence-corrected chi connectivity index (χ2v) is 3.75. The van der Waals surface area contributed by atoms with Crippen LogP contribution in [0.3, 0.4) is 0 Å². The molecule has 1 aromatic carbocycles. The van der Waals surface area contributed by atoms with Crippen LogP contribution in [0, 0.1) is 0 Å². The van der Waals surface area contributed by atoms with Gasteiger partial charge in [-0.3, -0.25) is 0 Å². The zero-order valence-corrected chi connectivity index (χ0v) is 7.95. The third-order valence-corrected chi connectivity index (χ3v) is 2.28. The fraction of sp³-hybridized carbons (Fsp3) is 0.222. The lowest BCUT2D eigenvalue weighted by molar-refractivity contribution is 0.0871. The standard InChI is InChI=1S/C9H10O3S/c1-7(12-9(10)11)13-8-5-3-2-4-6-8/h2-7H,1H3,(H,10,11). The van der Waals surface area contributed by atoms with Gasteiger partial charge in [-0.05, 0) is 19.1 Å². The van der Waals surface area contributed by atoms with Crippen molar-refractivity contribution in [1.29, 1.82) is 0 Å². The third-order valence-electron chi connectivity index (χ3n) is 1.31. The Balaban J connectivity index is 2.45. The minimum Gasteiger partial charge on any atom is -0.450 e. The van der Waals surface area contributed by atoms with Crippen LogP contribution in [0.4, 0.5) is 4.79 Å². The number of thioether (sulfide) groups is 1. The lowest BCUT2D eigenvalue weighted by Crippen LogP contribution is -2.08. The van der Waals surface area contributed by atoms with Gasteiger partial charge in [0.25, 0.3) is 0 Å². The van der Waals surface area contributed by atoms with E-state index in [2.05, 4.69) is 4.74 Å². The van der Waals surface area contributed by atoms with E-state index in [9.17, 15) is 4.79 Å². The van der Waals surface area contributed by atoms with Crippen molar-refractivity contribution in [1.82, 2.24) is 0 Å². The number of rotatable bonds is 3. The van der Waals surface area contributed by atoms with Crippen LogP contribution >= 0.6 is 11.8 Å². The van der Waals surface area contributed by atoms with Gasteiger partial charge >= 0.3 is 6.16 Å². The summed E-state index contributed by atoms with van der Waals surface area (Å²) in [6.45, 7) is 1.70. The van der Waals surface area contributed by atoms with E-state index in [0.29, 0.717) is 0 Å². The van der Waals surface area contributed by atoms with E-state index < -0.39 is 6.16 Å². The largest absolute Gasteiger partial charge is 0.506 e. The molecule has 0 saturated carbocycles. The minimum atomic E-state index is -1.24. The van der Waals surface area contributed by atoms with Crippen LogP contribution in [0.2, 0.25) is 0 Å². The Labute approximate surface area is 80.7 Å². The number of benzene rings is 1. The first kappa shape index (κ1) is 9.92. The molecule has 0 amide bonds. The monoisotopic (exact) mass is 198 g/mol. The first-order valence-corrected chi connectivity index (χ1v) is 4.68. The Morgan fingerprint density at radius 1 is 1.46 bits per heavy atom. The van der Waals surface area contributed by atoms with E-state index >= 15 is 0 Å². The summed E-state index contributed by atoms with van der Waals surface area (Å²) in [6, 6.07) is 9.52. The molecular weight excluding hydrogens is 188 g/mol. The van der Waals surface area contributed by atoms with Gasteiger partial charge in [-0.2, -0.15) is 0 Å². The lowest BCUT2D eigenvalue weighted by Gasteiger charge is -2.09. The van der Waals surface area contributed by atoms with Crippen LogP contribution in [0.5, 0.6) is 0 Å². The normalized spacial score (nSPS) is 12.1. The summed E-state index contributed by atoms with van der Waals surface area (Å²) in [5.41, 5.74) is -0.375. The fourth-order valence-electron chi connectivity index (χ4n) is 0.857. The molecule has 4 heteroatoms. The van der Waals surface area contributed by atoms with Crippen LogP contribution in [0.1, 0.15) is 6.92 Å². The Morgan fingerprint density at radius 3 is 2.62 bits per heavy atom.